The van der Waals surface area contributed by atoms with Crippen molar-refractivity contribution in [1.29, 1.82) is 0 Å². The molecule has 1 aliphatic heterocycles. The van der Waals surface area contributed by atoms with Crippen LogP contribution in [0.15, 0.2) is 18.2 Å². The van der Waals surface area contributed by atoms with Gasteiger partial charge in [-0.05, 0) is 25.0 Å². The van der Waals surface area contributed by atoms with E-state index >= 15 is 0 Å². The molecule has 1 aromatic heterocycles. The number of carboxylic acids is 1. The lowest BCUT2D eigenvalue weighted by Crippen LogP contribution is -2.46. The molecule has 0 aliphatic carbocycles. The number of halogens is 1. The van der Waals surface area contributed by atoms with Crippen LogP contribution in [0.2, 0.25) is 0 Å². The van der Waals surface area contributed by atoms with E-state index in [1.54, 1.807) is 0 Å². The number of nitrogens with one attached hydrogen (secondary N) is 1. The first-order valence-corrected chi connectivity index (χ1v) is 6.25. The van der Waals surface area contributed by atoms with Gasteiger partial charge >= 0.3 is 5.97 Å². The van der Waals surface area contributed by atoms with Crippen molar-refractivity contribution >= 4 is 11.9 Å². The molecule has 6 nitrogen and oxygen atoms in total. The molecule has 108 valence electrons. The highest BCUT2D eigenvalue weighted by molar-refractivity contribution is 5.92. The Hall–Kier alpha value is -2.02. The van der Waals surface area contributed by atoms with Crippen molar-refractivity contribution in [1.82, 2.24) is 10.3 Å². The van der Waals surface area contributed by atoms with Crippen molar-refractivity contribution in [3.63, 3.8) is 0 Å². The van der Waals surface area contributed by atoms with Crippen LogP contribution in [0.4, 0.5) is 4.39 Å². The second kappa shape index (κ2) is 5.96. The molecule has 1 fully saturated rings. The first-order chi connectivity index (χ1) is 9.53. The van der Waals surface area contributed by atoms with E-state index in [2.05, 4.69) is 10.3 Å². The van der Waals surface area contributed by atoms with Crippen molar-refractivity contribution in [2.45, 2.75) is 12.8 Å². The Bertz CT molecular complexity index is 515. The maximum atomic E-state index is 12.9. The zero-order valence-electron chi connectivity index (χ0n) is 10.8. The van der Waals surface area contributed by atoms with E-state index in [4.69, 9.17) is 4.74 Å². The number of ether oxygens (including phenoxy) is 1. The van der Waals surface area contributed by atoms with E-state index in [0.29, 0.717) is 26.1 Å². The van der Waals surface area contributed by atoms with Gasteiger partial charge in [0.2, 0.25) is 5.95 Å². The number of aromatic nitrogens is 1. The summed E-state index contributed by atoms with van der Waals surface area (Å²) in [5, 5.41) is 11.8. The third-order valence-corrected chi connectivity index (χ3v) is 3.44. The quantitative estimate of drug-likeness (QED) is 0.799. The maximum absolute atomic E-state index is 12.9. The molecule has 2 rings (SSSR count). The molecule has 1 aromatic rings. The Morgan fingerprint density at radius 1 is 1.40 bits per heavy atom. The Labute approximate surface area is 115 Å². The maximum Gasteiger partial charge on any atom is 0.311 e. The fourth-order valence-electron chi connectivity index (χ4n) is 2.10. The topological polar surface area (TPSA) is 88.5 Å². The van der Waals surface area contributed by atoms with Gasteiger partial charge in [0, 0.05) is 19.8 Å². The minimum atomic E-state index is -1.03. The third-order valence-electron chi connectivity index (χ3n) is 3.44. The fourth-order valence-corrected chi connectivity index (χ4v) is 2.10. The number of hydrogen-bond donors (Lipinski definition) is 2. The van der Waals surface area contributed by atoms with Gasteiger partial charge < -0.3 is 15.2 Å². The van der Waals surface area contributed by atoms with E-state index in [1.165, 1.54) is 12.1 Å². The van der Waals surface area contributed by atoms with Crippen LogP contribution in [-0.4, -0.2) is 41.7 Å². The minimum Gasteiger partial charge on any atom is -0.481 e. The number of hydrogen-bond acceptors (Lipinski definition) is 4. The molecule has 0 atom stereocenters. The lowest BCUT2D eigenvalue weighted by molar-refractivity contribution is -0.154. The van der Waals surface area contributed by atoms with E-state index in [9.17, 15) is 19.1 Å². The van der Waals surface area contributed by atoms with Crippen LogP contribution < -0.4 is 5.32 Å². The Morgan fingerprint density at radius 3 is 2.70 bits per heavy atom. The second-order valence-corrected chi connectivity index (χ2v) is 4.73. The number of carbonyl (C=O) groups is 2. The van der Waals surface area contributed by atoms with Crippen LogP contribution in [0.25, 0.3) is 0 Å². The Kier molecular flexibility index (Phi) is 4.29. The third kappa shape index (κ3) is 3.11. The van der Waals surface area contributed by atoms with Gasteiger partial charge in [-0.3, -0.25) is 9.59 Å². The van der Waals surface area contributed by atoms with Crippen LogP contribution >= 0.6 is 0 Å². The van der Waals surface area contributed by atoms with Gasteiger partial charge in [0.05, 0.1) is 5.41 Å². The zero-order valence-corrected chi connectivity index (χ0v) is 10.8. The number of pyridine rings is 1. The zero-order chi connectivity index (χ0) is 14.6. The summed E-state index contributed by atoms with van der Waals surface area (Å²) in [4.78, 5) is 26.7. The van der Waals surface area contributed by atoms with Gasteiger partial charge in [0.1, 0.15) is 5.69 Å². The summed E-state index contributed by atoms with van der Waals surface area (Å²) in [6.45, 7) is 0.670. The summed E-state index contributed by atoms with van der Waals surface area (Å²) in [5.41, 5.74) is -1.10. The number of nitrogens with zero attached hydrogens (tertiary/aromatic N) is 1. The summed E-state index contributed by atoms with van der Waals surface area (Å²) in [7, 11) is 0. The molecule has 0 unspecified atom stereocenters. The average molecular weight is 282 g/mol. The summed E-state index contributed by atoms with van der Waals surface area (Å²) in [5.74, 6) is -2.30. The van der Waals surface area contributed by atoms with Gasteiger partial charge in [-0.15, -0.1) is 0 Å². The highest BCUT2D eigenvalue weighted by Crippen LogP contribution is 2.30. The summed E-state index contributed by atoms with van der Waals surface area (Å²) < 4.78 is 18.1. The molecule has 20 heavy (non-hydrogen) atoms. The Balaban J connectivity index is 2.02. The van der Waals surface area contributed by atoms with Crippen molar-refractivity contribution in [2.75, 3.05) is 19.8 Å². The first-order valence-electron chi connectivity index (χ1n) is 6.25. The van der Waals surface area contributed by atoms with Crippen molar-refractivity contribution in [3.8, 4) is 0 Å². The van der Waals surface area contributed by atoms with Gasteiger partial charge in [-0.25, -0.2) is 4.98 Å². The molecular weight excluding hydrogens is 267 g/mol. The minimum absolute atomic E-state index is 0.0251. The van der Waals surface area contributed by atoms with Crippen molar-refractivity contribution in [3.05, 3.63) is 29.8 Å². The van der Waals surface area contributed by atoms with E-state index in [-0.39, 0.29) is 12.2 Å². The van der Waals surface area contributed by atoms with E-state index < -0.39 is 23.2 Å². The van der Waals surface area contributed by atoms with Crippen LogP contribution in [0.3, 0.4) is 0 Å². The van der Waals surface area contributed by atoms with Gasteiger partial charge in [-0.2, -0.15) is 4.39 Å². The lowest BCUT2D eigenvalue weighted by Gasteiger charge is -2.33. The Morgan fingerprint density at radius 2 is 2.10 bits per heavy atom. The number of aliphatic carboxylic acids is 1. The molecule has 0 saturated carbocycles. The first kappa shape index (κ1) is 14.4. The molecule has 1 amide bonds. The molecular formula is C13H15FN2O4. The monoisotopic (exact) mass is 282 g/mol. The molecule has 0 radical (unpaired) electrons. The predicted molar refractivity (Wildman–Crippen MR) is 66.7 cm³/mol. The molecule has 7 heteroatoms. The average Bonchev–Trinajstić information content (AvgIpc) is 2.45. The summed E-state index contributed by atoms with van der Waals surface area (Å²) >= 11 is 0. The SMILES string of the molecule is O=C(NCC1(C(=O)O)CCOCC1)c1cccc(F)n1. The van der Waals surface area contributed by atoms with Gasteiger partial charge in [-0.1, -0.05) is 6.07 Å². The number of rotatable bonds is 4. The smallest absolute Gasteiger partial charge is 0.311 e. The summed E-state index contributed by atoms with van der Waals surface area (Å²) in [6.07, 6.45) is 0.665. The predicted octanol–water partition coefficient (Wildman–Crippen LogP) is 0.832. The van der Waals surface area contributed by atoms with Gasteiger partial charge in [0.15, 0.2) is 0 Å². The van der Waals surface area contributed by atoms with Crippen LogP contribution in [-0.2, 0) is 9.53 Å². The molecule has 2 N–H and O–H groups in total. The van der Waals surface area contributed by atoms with Crippen molar-refractivity contribution < 1.29 is 23.8 Å². The van der Waals surface area contributed by atoms with E-state index in [1.807, 2.05) is 0 Å². The van der Waals surface area contributed by atoms with Crippen molar-refractivity contribution in [2.24, 2.45) is 5.41 Å². The second-order valence-electron chi connectivity index (χ2n) is 4.73. The number of carboxylic acid groups (broad SMARTS) is 1. The van der Waals surface area contributed by atoms with Crippen LogP contribution in [0.5, 0.6) is 0 Å². The molecule has 0 spiro atoms. The molecule has 1 aliphatic rings. The standard InChI is InChI=1S/C13H15FN2O4/c14-10-3-1-2-9(16-10)11(17)15-8-13(12(18)19)4-6-20-7-5-13/h1-3H,4-8H2,(H,15,17)(H,18,19). The number of carbonyl (C=O) groups excluding carboxylic acids is 1. The largest absolute Gasteiger partial charge is 0.481 e. The molecule has 0 aromatic carbocycles. The van der Waals surface area contributed by atoms with Crippen LogP contribution in [0, 0.1) is 11.4 Å². The number of amides is 1. The molecule has 2 heterocycles. The highest BCUT2D eigenvalue weighted by atomic mass is 19.1. The fraction of sp³-hybridized carbons (Fsp3) is 0.462. The normalized spacial score (nSPS) is 17.4. The van der Waals surface area contributed by atoms with Gasteiger partial charge in [0.25, 0.3) is 5.91 Å². The van der Waals surface area contributed by atoms with Crippen LogP contribution in [0.1, 0.15) is 23.3 Å². The van der Waals surface area contributed by atoms with E-state index in [0.717, 1.165) is 6.07 Å². The lowest BCUT2D eigenvalue weighted by atomic mass is 9.80. The highest BCUT2D eigenvalue weighted by Gasteiger charge is 2.40. The molecule has 0 bridgehead atoms. The summed E-state index contributed by atoms with van der Waals surface area (Å²) in [6, 6.07) is 3.88. The molecule has 1 saturated heterocycles.